The Balaban J connectivity index is 2.34. The lowest BCUT2D eigenvalue weighted by atomic mass is 9.86. The lowest BCUT2D eigenvalue weighted by molar-refractivity contribution is 0.0519. The van der Waals surface area contributed by atoms with Gasteiger partial charge in [-0.2, -0.15) is 0 Å². The third-order valence-corrected chi connectivity index (χ3v) is 7.75. The number of methoxy groups -OCH3 is 3. The molecule has 0 aliphatic heterocycles. The van der Waals surface area contributed by atoms with Gasteiger partial charge < -0.3 is 28.8 Å². The molecule has 0 unspecified atom stereocenters. The summed E-state index contributed by atoms with van der Waals surface area (Å²) in [6.45, 7) is 6.43. The van der Waals surface area contributed by atoms with E-state index in [9.17, 15) is 5.11 Å². The molecule has 0 aliphatic rings. The molecule has 34 heavy (non-hydrogen) atoms. The molecule has 1 N–H and O–H groups in total. The molecule has 0 spiro atoms. The van der Waals surface area contributed by atoms with Gasteiger partial charge in [0.15, 0.2) is 13.6 Å². The highest BCUT2D eigenvalue weighted by molar-refractivity contribution is 7.80. The van der Waals surface area contributed by atoms with Crippen LogP contribution in [-0.2, 0) is 14.9 Å². The number of phenols is 1. The van der Waals surface area contributed by atoms with Crippen LogP contribution in [0, 0.1) is 0 Å². The summed E-state index contributed by atoms with van der Waals surface area (Å²) in [5.74, 6) is 2.27. The van der Waals surface area contributed by atoms with Crippen molar-refractivity contribution in [1.29, 1.82) is 0 Å². The van der Waals surface area contributed by atoms with E-state index < -0.39 is 7.92 Å². The summed E-state index contributed by atoms with van der Waals surface area (Å²) in [6, 6.07) is 19.4. The highest BCUT2D eigenvalue weighted by Gasteiger charge is 2.30. The minimum Gasteiger partial charge on any atom is -0.507 e. The first-order valence-corrected chi connectivity index (χ1v) is 12.3. The Kier molecular flexibility index (Phi) is 8.78. The Morgan fingerprint density at radius 3 is 1.68 bits per heavy atom. The van der Waals surface area contributed by atoms with Crippen LogP contribution < -0.4 is 30.1 Å². The fourth-order valence-corrected chi connectivity index (χ4v) is 6.17. The molecule has 0 amide bonds. The second-order valence-electron chi connectivity index (χ2n) is 8.67. The molecule has 0 radical (unpaired) electrons. The number of rotatable bonds is 10. The zero-order chi connectivity index (χ0) is 24.7. The molecule has 0 saturated carbocycles. The van der Waals surface area contributed by atoms with Crippen LogP contribution in [-0.4, -0.2) is 40.0 Å². The molecule has 6 nitrogen and oxygen atoms in total. The van der Waals surface area contributed by atoms with Crippen molar-refractivity contribution in [1.82, 2.24) is 0 Å². The molecule has 7 heteroatoms. The van der Waals surface area contributed by atoms with Crippen LogP contribution in [0.2, 0.25) is 0 Å². The summed E-state index contributed by atoms with van der Waals surface area (Å²) in [5.41, 5.74) is 0.506. The topological polar surface area (TPSA) is 66.4 Å². The van der Waals surface area contributed by atoms with Gasteiger partial charge in [-0.1, -0.05) is 57.2 Å². The van der Waals surface area contributed by atoms with E-state index >= 15 is 0 Å². The lowest BCUT2D eigenvalue weighted by Crippen LogP contribution is -2.26. The third-order valence-electron chi connectivity index (χ3n) is 5.22. The maximum atomic E-state index is 11.6. The predicted molar refractivity (Wildman–Crippen MR) is 137 cm³/mol. The first-order valence-electron chi connectivity index (χ1n) is 10.9. The van der Waals surface area contributed by atoms with Crippen molar-refractivity contribution in [2.24, 2.45) is 0 Å². The molecular formula is C27H33O6P. The first-order chi connectivity index (χ1) is 16.3. The Morgan fingerprint density at radius 1 is 0.735 bits per heavy atom. The van der Waals surface area contributed by atoms with Crippen molar-refractivity contribution in [2.75, 3.05) is 34.9 Å². The lowest BCUT2D eigenvalue weighted by Gasteiger charge is -2.28. The van der Waals surface area contributed by atoms with Crippen LogP contribution in [0.4, 0.5) is 0 Å². The number of ether oxygens (including phenoxy) is 5. The van der Waals surface area contributed by atoms with Crippen LogP contribution in [0.1, 0.15) is 26.3 Å². The zero-order valence-electron chi connectivity index (χ0n) is 20.6. The minimum absolute atomic E-state index is 0.110. The molecule has 182 valence electrons. The second-order valence-corrected chi connectivity index (χ2v) is 10.8. The highest BCUT2D eigenvalue weighted by Crippen LogP contribution is 2.45. The van der Waals surface area contributed by atoms with Crippen molar-refractivity contribution in [2.45, 2.75) is 26.2 Å². The minimum atomic E-state index is -1.32. The third kappa shape index (κ3) is 5.82. The quantitative estimate of drug-likeness (QED) is 0.340. The summed E-state index contributed by atoms with van der Waals surface area (Å²) < 4.78 is 27.9. The highest BCUT2D eigenvalue weighted by atomic mass is 31.1. The van der Waals surface area contributed by atoms with Gasteiger partial charge in [0.25, 0.3) is 0 Å². The van der Waals surface area contributed by atoms with Crippen molar-refractivity contribution >= 4 is 23.8 Å². The summed E-state index contributed by atoms with van der Waals surface area (Å²) in [6.07, 6.45) is 0. The van der Waals surface area contributed by atoms with Crippen LogP contribution >= 0.6 is 7.92 Å². The SMILES string of the molecule is COCOc1ccccc1P(c1ccccc1OCOC)c1cc(OC)cc(C(C)(C)C)c1O. The Bertz CT molecular complexity index is 1040. The summed E-state index contributed by atoms with van der Waals surface area (Å²) in [7, 11) is 3.49. The Morgan fingerprint density at radius 2 is 1.24 bits per heavy atom. The fourth-order valence-electron chi connectivity index (χ4n) is 3.62. The van der Waals surface area contributed by atoms with E-state index in [1.807, 2.05) is 60.7 Å². The largest absolute Gasteiger partial charge is 0.507 e. The summed E-state index contributed by atoms with van der Waals surface area (Å²) in [4.78, 5) is 0. The maximum Gasteiger partial charge on any atom is 0.188 e. The Labute approximate surface area is 203 Å². The van der Waals surface area contributed by atoms with E-state index in [2.05, 4.69) is 20.8 Å². The van der Waals surface area contributed by atoms with Crippen LogP contribution in [0.25, 0.3) is 0 Å². The molecule has 0 fully saturated rings. The number of para-hydroxylation sites is 2. The van der Waals surface area contributed by atoms with E-state index in [4.69, 9.17) is 23.7 Å². The number of aromatic hydroxyl groups is 1. The second kappa shape index (κ2) is 11.6. The smallest absolute Gasteiger partial charge is 0.188 e. The van der Waals surface area contributed by atoms with Gasteiger partial charge in [0.05, 0.1) is 7.11 Å². The van der Waals surface area contributed by atoms with E-state index in [0.29, 0.717) is 17.2 Å². The molecule has 0 heterocycles. The van der Waals surface area contributed by atoms with Gasteiger partial charge in [0.1, 0.15) is 23.0 Å². The first kappa shape index (κ1) is 25.8. The van der Waals surface area contributed by atoms with Gasteiger partial charge in [-0.15, -0.1) is 0 Å². The van der Waals surface area contributed by atoms with Crippen molar-refractivity contribution in [3.63, 3.8) is 0 Å². The van der Waals surface area contributed by atoms with Gasteiger partial charge in [0.2, 0.25) is 0 Å². The van der Waals surface area contributed by atoms with Crippen LogP contribution in [0.3, 0.4) is 0 Å². The van der Waals surface area contributed by atoms with Crippen molar-refractivity contribution in [3.8, 4) is 23.0 Å². The number of hydrogen-bond donors (Lipinski definition) is 1. The molecule has 3 rings (SSSR count). The zero-order valence-corrected chi connectivity index (χ0v) is 21.5. The van der Waals surface area contributed by atoms with E-state index in [0.717, 1.165) is 21.5 Å². The standard InChI is InChI=1S/C27H33O6P/c1-27(2,3)20-15-19(31-6)16-25(26(20)28)34(23-13-9-7-11-21(23)32-17-29-4)24-14-10-8-12-22(24)33-18-30-5/h7-16,28H,17-18H2,1-6H3. The fraction of sp³-hybridized carbons (Fsp3) is 0.333. The predicted octanol–water partition coefficient (Wildman–Crippen LogP) is 4.42. The van der Waals surface area contributed by atoms with Gasteiger partial charge >= 0.3 is 0 Å². The average Bonchev–Trinajstić information content (AvgIpc) is 2.83. The van der Waals surface area contributed by atoms with E-state index in [1.165, 1.54) is 0 Å². The van der Waals surface area contributed by atoms with Crippen molar-refractivity contribution < 1.29 is 28.8 Å². The average molecular weight is 485 g/mol. The molecule has 0 atom stereocenters. The molecule has 0 saturated heterocycles. The summed E-state index contributed by atoms with van der Waals surface area (Å²) in [5, 5.41) is 14.2. The van der Waals surface area contributed by atoms with Gasteiger partial charge in [-0.05, 0) is 37.6 Å². The normalized spacial score (nSPS) is 11.5. The molecule has 0 aliphatic carbocycles. The maximum absolute atomic E-state index is 11.6. The van der Waals surface area contributed by atoms with Crippen molar-refractivity contribution in [3.05, 3.63) is 66.2 Å². The summed E-state index contributed by atoms with van der Waals surface area (Å²) >= 11 is 0. The molecule has 3 aromatic rings. The monoisotopic (exact) mass is 484 g/mol. The number of hydrogen-bond acceptors (Lipinski definition) is 6. The molecule has 3 aromatic carbocycles. The molecule has 0 aromatic heterocycles. The van der Waals surface area contributed by atoms with Crippen LogP contribution in [0.15, 0.2) is 60.7 Å². The van der Waals surface area contributed by atoms with Gasteiger partial charge in [-0.3, -0.25) is 0 Å². The van der Waals surface area contributed by atoms with Crippen LogP contribution in [0.5, 0.6) is 23.0 Å². The van der Waals surface area contributed by atoms with E-state index in [1.54, 1.807) is 21.3 Å². The van der Waals surface area contributed by atoms with Gasteiger partial charge in [0, 0.05) is 35.7 Å². The number of benzene rings is 3. The van der Waals surface area contributed by atoms with E-state index in [-0.39, 0.29) is 24.8 Å². The number of phenolic OH excluding ortho intramolecular Hbond substituents is 1. The Hall–Kier alpha value is -2.79. The van der Waals surface area contributed by atoms with Gasteiger partial charge in [-0.25, -0.2) is 0 Å². The molecular weight excluding hydrogens is 451 g/mol. The molecule has 0 bridgehead atoms.